The first-order valence-corrected chi connectivity index (χ1v) is 8.51. The summed E-state index contributed by atoms with van der Waals surface area (Å²) in [4.78, 5) is 12.2. The van der Waals surface area contributed by atoms with E-state index in [4.69, 9.17) is 0 Å². The van der Waals surface area contributed by atoms with Gasteiger partial charge in [0.05, 0.1) is 0 Å². The fraction of sp³-hybridized carbons (Fsp3) is 0.533. The number of halogens is 5. The molecule has 0 aliphatic carbocycles. The normalized spacial score (nSPS) is 29.8. The van der Waals surface area contributed by atoms with Crippen molar-refractivity contribution in [2.45, 2.75) is 42.6 Å². The summed E-state index contributed by atoms with van der Waals surface area (Å²) in [6, 6.07) is 0. The van der Waals surface area contributed by atoms with E-state index >= 15 is 0 Å². The van der Waals surface area contributed by atoms with Crippen molar-refractivity contribution in [1.29, 1.82) is 0 Å². The molecule has 1 aromatic carbocycles. The fourth-order valence-electron chi connectivity index (χ4n) is 3.42. The van der Waals surface area contributed by atoms with E-state index in [1.165, 1.54) is 0 Å². The van der Waals surface area contributed by atoms with Crippen LogP contribution in [0.4, 0.5) is 22.0 Å². The Kier molecular flexibility index (Phi) is 4.29. The van der Waals surface area contributed by atoms with Gasteiger partial charge in [-0.15, -0.1) is 0 Å². The minimum atomic E-state index is -2.23. The number of hydrogen-bond acceptors (Lipinski definition) is 2. The van der Waals surface area contributed by atoms with E-state index in [1.807, 2.05) is 0 Å². The molecule has 0 radical (unpaired) electrons. The van der Waals surface area contributed by atoms with Crippen LogP contribution in [0.5, 0.6) is 0 Å². The Bertz CT molecular complexity index is 661. The monoisotopic (exact) mass is 352 g/mol. The Hall–Kier alpha value is -1.31. The molecule has 2 atom stereocenters. The summed E-state index contributed by atoms with van der Waals surface area (Å²) >= 11 is 0. The van der Waals surface area contributed by atoms with E-state index < -0.39 is 63.6 Å². The SMILES string of the molecule is O=C(Cc1c(F)c(F)c(F)c(F)c1F)C1CC2CCC(C1)S2=O. The van der Waals surface area contributed by atoms with Gasteiger partial charge >= 0.3 is 0 Å². The molecule has 126 valence electrons. The van der Waals surface area contributed by atoms with E-state index in [2.05, 4.69) is 0 Å². The molecule has 0 spiro atoms. The molecule has 2 nitrogen and oxygen atoms in total. The smallest absolute Gasteiger partial charge is 0.200 e. The first-order valence-electron chi connectivity index (χ1n) is 7.23. The Morgan fingerprint density at radius 2 is 1.30 bits per heavy atom. The van der Waals surface area contributed by atoms with Gasteiger partial charge in [0.25, 0.3) is 0 Å². The minimum absolute atomic E-state index is 0.112. The van der Waals surface area contributed by atoms with Crippen LogP contribution < -0.4 is 0 Å². The van der Waals surface area contributed by atoms with E-state index in [1.54, 1.807) is 0 Å². The van der Waals surface area contributed by atoms with Crippen molar-refractivity contribution in [3.63, 3.8) is 0 Å². The summed E-state index contributed by atoms with van der Waals surface area (Å²) in [6.07, 6.45) is 1.32. The highest BCUT2D eigenvalue weighted by Gasteiger charge is 2.43. The molecule has 0 amide bonds. The second kappa shape index (κ2) is 5.96. The van der Waals surface area contributed by atoms with Crippen molar-refractivity contribution in [3.8, 4) is 0 Å². The molecule has 2 fully saturated rings. The number of carbonyl (C=O) groups excluding carboxylic acids is 1. The van der Waals surface area contributed by atoms with Crippen LogP contribution >= 0.6 is 0 Å². The average molecular weight is 352 g/mol. The third-order valence-electron chi connectivity index (χ3n) is 4.67. The van der Waals surface area contributed by atoms with Crippen LogP contribution in [0.25, 0.3) is 0 Å². The lowest BCUT2D eigenvalue weighted by atomic mass is 9.90. The Balaban J connectivity index is 1.83. The first-order chi connectivity index (χ1) is 10.8. The fourth-order valence-corrected chi connectivity index (χ4v) is 5.54. The van der Waals surface area contributed by atoms with E-state index in [9.17, 15) is 31.0 Å². The predicted molar refractivity (Wildman–Crippen MR) is 72.6 cm³/mol. The van der Waals surface area contributed by atoms with Crippen LogP contribution in [-0.4, -0.2) is 20.5 Å². The van der Waals surface area contributed by atoms with Gasteiger partial charge < -0.3 is 0 Å². The topological polar surface area (TPSA) is 34.1 Å². The third kappa shape index (κ3) is 2.70. The zero-order valence-electron chi connectivity index (χ0n) is 11.9. The van der Waals surface area contributed by atoms with Crippen LogP contribution in [0.1, 0.15) is 31.2 Å². The number of fused-ring (bicyclic) bond motifs is 2. The van der Waals surface area contributed by atoms with Gasteiger partial charge in [-0.25, -0.2) is 22.0 Å². The number of hydrogen-bond donors (Lipinski definition) is 0. The Labute approximate surface area is 131 Å². The van der Waals surface area contributed by atoms with Gasteiger partial charge in [-0.05, 0) is 25.7 Å². The van der Waals surface area contributed by atoms with E-state index in [0.29, 0.717) is 12.8 Å². The summed E-state index contributed by atoms with van der Waals surface area (Å²) in [5.41, 5.74) is -1.09. The lowest BCUT2D eigenvalue weighted by molar-refractivity contribution is -0.122. The van der Waals surface area contributed by atoms with Crippen molar-refractivity contribution in [3.05, 3.63) is 34.6 Å². The predicted octanol–water partition coefficient (Wildman–Crippen LogP) is 3.18. The van der Waals surface area contributed by atoms with Gasteiger partial charge in [0.1, 0.15) is 5.78 Å². The lowest BCUT2D eigenvalue weighted by Gasteiger charge is -2.26. The summed E-state index contributed by atoms with van der Waals surface area (Å²) in [7, 11) is -0.991. The number of Topliss-reactive ketones (excluding diaryl/α,β-unsaturated/α-hetero) is 1. The zero-order chi connectivity index (χ0) is 16.9. The molecular formula is C15H13F5O2S. The van der Waals surface area contributed by atoms with Gasteiger partial charge in [0.15, 0.2) is 23.3 Å². The number of ketones is 1. The summed E-state index contributed by atoms with van der Waals surface area (Å²) < 4.78 is 78.5. The molecule has 8 heteroatoms. The largest absolute Gasteiger partial charge is 0.299 e. The quantitative estimate of drug-likeness (QED) is 0.476. The van der Waals surface area contributed by atoms with Crippen LogP contribution in [0.3, 0.4) is 0 Å². The maximum Gasteiger partial charge on any atom is 0.200 e. The van der Waals surface area contributed by atoms with E-state index in [0.717, 1.165) is 12.8 Å². The van der Waals surface area contributed by atoms with Crippen LogP contribution in [0.2, 0.25) is 0 Å². The van der Waals surface area contributed by atoms with Crippen molar-refractivity contribution in [2.75, 3.05) is 0 Å². The molecule has 2 aliphatic heterocycles. The second-order valence-electron chi connectivity index (χ2n) is 6.01. The number of rotatable bonds is 3. The Morgan fingerprint density at radius 1 is 0.870 bits per heavy atom. The highest BCUT2D eigenvalue weighted by Crippen LogP contribution is 2.39. The lowest BCUT2D eigenvalue weighted by Crippen LogP contribution is -2.33. The molecule has 23 heavy (non-hydrogen) atoms. The average Bonchev–Trinajstić information content (AvgIpc) is 2.76. The molecular weight excluding hydrogens is 339 g/mol. The van der Waals surface area contributed by atoms with Gasteiger partial charge in [-0.3, -0.25) is 9.00 Å². The molecule has 2 aliphatic rings. The molecule has 0 aromatic heterocycles. The first kappa shape index (κ1) is 16.5. The van der Waals surface area contributed by atoms with Gasteiger partial charge in [-0.2, -0.15) is 0 Å². The van der Waals surface area contributed by atoms with Crippen molar-refractivity contribution in [2.24, 2.45) is 5.92 Å². The minimum Gasteiger partial charge on any atom is -0.299 e. The molecule has 0 saturated carbocycles. The second-order valence-corrected chi connectivity index (χ2v) is 8.00. The van der Waals surface area contributed by atoms with Crippen LogP contribution in [-0.2, 0) is 22.0 Å². The highest BCUT2D eigenvalue weighted by atomic mass is 32.2. The Morgan fingerprint density at radius 3 is 1.78 bits per heavy atom. The highest BCUT2D eigenvalue weighted by molar-refractivity contribution is 7.86. The van der Waals surface area contributed by atoms with Crippen LogP contribution in [0, 0.1) is 35.0 Å². The molecule has 1 aromatic rings. The van der Waals surface area contributed by atoms with Gasteiger partial charge in [0, 0.05) is 39.2 Å². The molecule has 0 N–H and O–H groups in total. The van der Waals surface area contributed by atoms with E-state index in [-0.39, 0.29) is 10.5 Å². The summed E-state index contributed by atoms with van der Waals surface area (Å²) in [5, 5.41) is -0.224. The zero-order valence-corrected chi connectivity index (χ0v) is 12.7. The summed E-state index contributed by atoms with van der Waals surface area (Å²) in [5.74, 6) is -11.4. The number of carbonyl (C=O) groups is 1. The molecule has 2 bridgehead atoms. The molecule has 2 heterocycles. The molecule has 2 saturated heterocycles. The standard InChI is InChI=1S/C15H13F5O2S/c16-11-9(12(17)14(19)15(20)13(11)18)5-10(21)6-3-7-1-2-8(4-6)23(7)22/h6-8H,1-5H2. The van der Waals surface area contributed by atoms with Crippen molar-refractivity contribution >= 4 is 16.6 Å². The molecule has 3 rings (SSSR count). The van der Waals surface area contributed by atoms with Crippen molar-refractivity contribution < 1.29 is 31.0 Å². The van der Waals surface area contributed by atoms with Crippen molar-refractivity contribution in [1.82, 2.24) is 0 Å². The summed E-state index contributed by atoms with van der Waals surface area (Å²) in [6.45, 7) is 0. The maximum absolute atomic E-state index is 13.6. The molecule has 2 unspecified atom stereocenters. The van der Waals surface area contributed by atoms with Crippen LogP contribution in [0.15, 0.2) is 0 Å². The van der Waals surface area contributed by atoms with Gasteiger partial charge in [0.2, 0.25) is 5.82 Å². The number of benzene rings is 1. The van der Waals surface area contributed by atoms with Gasteiger partial charge in [-0.1, -0.05) is 0 Å². The maximum atomic E-state index is 13.6. The third-order valence-corrected chi connectivity index (χ3v) is 6.84.